The Morgan fingerprint density at radius 2 is 1.77 bits per heavy atom. The number of halogens is 2. The van der Waals surface area contributed by atoms with Gasteiger partial charge in [0.1, 0.15) is 6.04 Å². The van der Waals surface area contributed by atoms with Crippen LogP contribution < -0.4 is 5.32 Å². The fourth-order valence-electron chi connectivity index (χ4n) is 1.96. The number of hydrogen-bond acceptors (Lipinski definition) is 2. The third-order valence-electron chi connectivity index (χ3n) is 3.06. The monoisotopic (exact) mass is 337 g/mol. The zero-order chi connectivity index (χ0) is 16.1. The molecule has 22 heavy (non-hydrogen) atoms. The third kappa shape index (κ3) is 4.23. The molecule has 1 atom stereocenters. The van der Waals surface area contributed by atoms with Gasteiger partial charge in [-0.15, -0.1) is 0 Å². The van der Waals surface area contributed by atoms with Crippen molar-refractivity contribution in [1.29, 1.82) is 0 Å². The van der Waals surface area contributed by atoms with Crippen LogP contribution in [-0.2, 0) is 11.2 Å². The first-order valence-corrected chi connectivity index (χ1v) is 7.25. The van der Waals surface area contributed by atoms with Crippen LogP contribution in [0.15, 0.2) is 48.5 Å². The molecule has 0 heterocycles. The maximum atomic E-state index is 12.2. The number of benzene rings is 2. The predicted molar refractivity (Wildman–Crippen MR) is 85.5 cm³/mol. The smallest absolute Gasteiger partial charge is 0.326 e. The molecule has 0 aliphatic rings. The van der Waals surface area contributed by atoms with Crippen molar-refractivity contribution in [3.05, 3.63) is 69.7 Å². The lowest BCUT2D eigenvalue weighted by atomic mass is 10.1. The van der Waals surface area contributed by atoms with E-state index in [0.29, 0.717) is 5.02 Å². The zero-order valence-electron chi connectivity index (χ0n) is 11.4. The predicted octanol–water partition coefficient (Wildman–Crippen LogP) is 3.42. The van der Waals surface area contributed by atoms with Crippen LogP contribution in [0.3, 0.4) is 0 Å². The van der Waals surface area contributed by atoms with Crippen LogP contribution in [-0.4, -0.2) is 23.0 Å². The van der Waals surface area contributed by atoms with E-state index in [4.69, 9.17) is 23.2 Å². The molecule has 0 saturated carbocycles. The third-order valence-corrected chi connectivity index (χ3v) is 3.62. The second-order valence-electron chi connectivity index (χ2n) is 4.68. The summed E-state index contributed by atoms with van der Waals surface area (Å²) in [4.78, 5) is 23.6. The summed E-state index contributed by atoms with van der Waals surface area (Å²) in [6, 6.07) is 12.5. The van der Waals surface area contributed by atoms with Gasteiger partial charge in [0, 0.05) is 11.4 Å². The molecule has 2 N–H and O–H groups in total. The number of hydrogen-bond donors (Lipinski definition) is 2. The fourth-order valence-corrected chi connectivity index (χ4v) is 2.33. The summed E-state index contributed by atoms with van der Waals surface area (Å²) in [5.41, 5.74) is 0.959. The largest absolute Gasteiger partial charge is 0.480 e. The van der Waals surface area contributed by atoms with Gasteiger partial charge in [-0.2, -0.15) is 0 Å². The van der Waals surface area contributed by atoms with Crippen molar-refractivity contribution in [2.24, 2.45) is 0 Å². The summed E-state index contributed by atoms with van der Waals surface area (Å²) >= 11 is 11.8. The van der Waals surface area contributed by atoms with Crippen LogP contribution in [0.25, 0.3) is 0 Å². The Morgan fingerprint density at radius 1 is 1.09 bits per heavy atom. The van der Waals surface area contributed by atoms with E-state index < -0.39 is 17.9 Å². The van der Waals surface area contributed by atoms with Gasteiger partial charge >= 0.3 is 5.97 Å². The van der Waals surface area contributed by atoms with E-state index in [9.17, 15) is 14.7 Å². The van der Waals surface area contributed by atoms with Crippen LogP contribution in [0.2, 0.25) is 10.0 Å². The summed E-state index contributed by atoms with van der Waals surface area (Å²) in [6.45, 7) is 0. The van der Waals surface area contributed by atoms with Gasteiger partial charge in [-0.25, -0.2) is 4.79 Å². The molecule has 1 amide bonds. The van der Waals surface area contributed by atoms with Crippen LogP contribution in [0, 0.1) is 0 Å². The average Bonchev–Trinajstić information content (AvgIpc) is 2.50. The molecule has 2 rings (SSSR count). The van der Waals surface area contributed by atoms with Gasteiger partial charge < -0.3 is 10.4 Å². The lowest BCUT2D eigenvalue weighted by molar-refractivity contribution is -0.139. The molecule has 0 spiro atoms. The highest BCUT2D eigenvalue weighted by molar-refractivity contribution is 6.35. The van der Waals surface area contributed by atoms with Crippen molar-refractivity contribution >= 4 is 35.1 Å². The Hall–Kier alpha value is -2.04. The normalized spacial score (nSPS) is 11.7. The molecule has 2 aromatic carbocycles. The lowest BCUT2D eigenvalue weighted by Gasteiger charge is -2.15. The Bertz CT molecular complexity index is 689. The number of nitrogens with one attached hydrogen (secondary N) is 1. The molecule has 114 valence electrons. The van der Waals surface area contributed by atoms with Crippen molar-refractivity contribution in [2.75, 3.05) is 0 Å². The molecule has 0 aliphatic heterocycles. The molecule has 0 bridgehead atoms. The Morgan fingerprint density at radius 3 is 2.41 bits per heavy atom. The highest BCUT2D eigenvalue weighted by atomic mass is 35.5. The first-order valence-electron chi connectivity index (χ1n) is 6.50. The first kappa shape index (κ1) is 16.3. The Kier molecular flexibility index (Phi) is 5.41. The van der Waals surface area contributed by atoms with Crippen LogP contribution in [0.4, 0.5) is 0 Å². The second-order valence-corrected chi connectivity index (χ2v) is 5.52. The number of carbonyl (C=O) groups excluding carboxylic acids is 1. The molecule has 4 nitrogen and oxygen atoms in total. The van der Waals surface area contributed by atoms with E-state index in [1.165, 1.54) is 12.1 Å². The molecule has 0 saturated heterocycles. The van der Waals surface area contributed by atoms with E-state index >= 15 is 0 Å². The number of amides is 1. The summed E-state index contributed by atoms with van der Waals surface area (Å²) in [5.74, 6) is -1.69. The highest BCUT2D eigenvalue weighted by Crippen LogP contribution is 2.20. The molecule has 0 radical (unpaired) electrons. The van der Waals surface area contributed by atoms with E-state index in [1.54, 1.807) is 18.2 Å². The van der Waals surface area contributed by atoms with Crippen LogP contribution in [0.1, 0.15) is 15.9 Å². The standard InChI is InChI=1S/C16H13Cl2NO3/c17-11-6-7-13(18)12(9-11)15(20)19-14(16(21)22)8-10-4-2-1-3-5-10/h1-7,9,14H,8H2,(H,19,20)(H,21,22)/t14-/m1/s1. The Labute approximate surface area is 137 Å². The van der Waals surface area contributed by atoms with E-state index in [2.05, 4.69) is 5.32 Å². The molecular weight excluding hydrogens is 325 g/mol. The topological polar surface area (TPSA) is 66.4 Å². The molecular formula is C16H13Cl2NO3. The minimum Gasteiger partial charge on any atom is -0.480 e. The SMILES string of the molecule is O=C(N[C@H](Cc1ccccc1)C(=O)O)c1cc(Cl)ccc1Cl. The first-order chi connectivity index (χ1) is 10.5. The number of carboxylic acid groups (broad SMARTS) is 1. The van der Waals surface area contributed by atoms with E-state index in [-0.39, 0.29) is 17.0 Å². The average molecular weight is 338 g/mol. The zero-order valence-corrected chi connectivity index (χ0v) is 12.9. The van der Waals surface area contributed by atoms with Gasteiger partial charge in [-0.1, -0.05) is 53.5 Å². The van der Waals surface area contributed by atoms with Crippen molar-refractivity contribution < 1.29 is 14.7 Å². The van der Waals surface area contributed by atoms with Crippen molar-refractivity contribution in [1.82, 2.24) is 5.32 Å². The Balaban J connectivity index is 2.15. The lowest BCUT2D eigenvalue weighted by Crippen LogP contribution is -2.42. The molecule has 0 unspecified atom stereocenters. The maximum absolute atomic E-state index is 12.2. The van der Waals surface area contributed by atoms with Gasteiger partial charge in [0.05, 0.1) is 10.6 Å². The van der Waals surface area contributed by atoms with Crippen molar-refractivity contribution in [2.45, 2.75) is 12.5 Å². The maximum Gasteiger partial charge on any atom is 0.326 e. The van der Waals surface area contributed by atoms with Crippen molar-refractivity contribution in [3.63, 3.8) is 0 Å². The highest BCUT2D eigenvalue weighted by Gasteiger charge is 2.22. The quantitative estimate of drug-likeness (QED) is 0.878. The summed E-state index contributed by atoms with van der Waals surface area (Å²) in [5, 5.41) is 12.3. The molecule has 0 aromatic heterocycles. The minimum atomic E-state index is -1.12. The second kappa shape index (κ2) is 7.29. The van der Waals surface area contributed by atoms with Gasteiger partial charge in [0.15, 0.2) is 0 Å². The number of carboxylic acids is 1. The summed E-state index contributed by atoms with van der Waals surface area (Å²) in [7, 11) is 0. The molecule has 0 fully saturated rings. The molecule has 2 aromatic rings. The summed E-state index contributed by atoms with van der Waals surface area (Å²) < 4.78 is 0. The number of rotatable bonds is 5. The van der Waals surface area contributed by atoms with Gasteiger partial charge in [-0.3, -0.25) is 4.79 Å². The van der Waals surface area contributed by atoms with E-state index in [1.807, 2.05) is 18.2 Å². The summed E-state index contributed by atoms with van der Waals surface area (Å²) in [6.07, 6.45) is 0.181. The number of carbonyl (C=O) groups is 2. The van der Waals surface area contributed by atoms with Crippen molar-refractivity contribution in [3.8, 4) is 0 Å². The van der Waals surface area contributed by atoms with Crippen LogP contribution >= 0.6 is 23.2 Å². The van der Waals surface area contributed by atoms with E-state index in [0.717, 1.165) is 5.56 Å². The molecule has 0 aliphatic carbocycles. The number of aliphatic carboxylic acids is 1. The fraction of sp³-hybridized carbons (Fsp3) is 0.125. The van der Waals surface area contributed by atoms with Gasteiger partial charge in [0.2, 0.25) is 0 Å². The van der Waals surface area contributed by atoms with Crippen LogP contribution in [0.5, 0.6) is 0 Å². The van der Waals surface area contributed by atoms with Gasteiger partial charge in [0.25, 0.3) is 5.91 Å². The molecule has 6 heteroatoms. The van der Waals surface area contributed by atoms with Gasteiger partial charge in [-0.05, 0) is 23.8 Å². The minimum absolute atomic E-state index is 0.147.